The summed E-state index contributed by atoms with van der Waals surface area (Å²) in [6.45, 7) is 13.9. The minimum absolute atomic E-state index is 0. The Bertz CT molecular complexity index is 1110. The van der Waals surface area contributed by atoms with Crippen LogP contribution in [0.25, 0.3) is 0 Å². The van der Waals surface area contributed by atoms with E-state index in [2.05, 4.69) is 20.8 Å². The Morgan fingerprint density at radius 2 is 1.65 bits per heavy atom. The topological polar surface area (TPSA) is 106 Å². The molecular weight excluding hydrogens is 546 g/mol. The van der Waals surface area contributed by atoms with Crippen LogP contribution in [-0.2, 0) is 19.0 Å². The number of carbonyl (C=O) groups excluding carboxylic acids is 2. The van der Waals surface area contributed by atoms with Crippen LogP contribution in [0.3, 0.4) is 0 Å². The van der Waals surface area contributed by atoms with Gasteiger partial charge in [-0.3, -0.25) is 4.79 Å². The van der Waals surface area contributed by atoms with Crippen molar-refractivity contribution in [2.45, 2.75) is 142 Å². The maximum atomic E-state index is 12.8. The van der Waals surface area contributed by atoms with E-state index in [1.54, 1.807) is 13.8 Å². The normalized spacial score (nSPS) is 46.2. The highest BCUT2D eigenvalue weighted by molar-refractivity contribution is 5.68. The molecule has 0 aromatic rings. The van der Waals surface area contributed by atoms with Gasteiger partial charge in [0.25, 0.3) is 0 Å². The molecule has 0 aromatic heterocycles. The number of hydrogen-bond donors (Lipinski definition) is 2. The van der Waals surface area contributed by atoms with Crippen molar-refractivity contribution >= 4 is 12.1 Å². The summed E-state index contributed by atoms with van der Waals surface area (Å²) in [4.78, 5) is 26.5. The second-order valence-corrected chi connectivity index (χ2v) is 16.7. The Kier molecular flexibility index (Phi) is 7.78. The molecule has 7 fully saturated rings. The highest BCUT2D eigenvalue weighted by Crippen LogP contribution is 2.87. The number of esters is 1. The van der Waals surface area contributed by atoms with Gasteiger partial charge in [-0.05, 0) is 124 Å². The van der Waals surface area contributed by atoms with Gasteiger partial charge in [-0.25, -0.2) is 4.79 Å². The quantitative estimate of drug-likeness (QED) is 0.381. The highest BCUT2D eigenvalue weighted by atomic mass is 16.6. The van der Waals surface area contributed by atoms with Crippen LogP contribution in [0.4, 0.5) is 4.79 Å². The molecule has 246 valence electrons. The minimum Gasteiger partial charge on any atom is -0.457 e. The average Bonchev–Trinajstić information content (AvgIpc) is 3.48. The van der Waals surface area contributed by atoms with Gasteiger partial charge in [0.15, 0.2) is 6.10 Å². The number of hydrogen-bond acceptors (Lipinski definition) is 7. The van der Waals surface area contributed by atoms with Gasteiger partial charge < -0.3 is 29.3 Å². The summed E-state index contributed by atoms with van der Waals surface area (Å²) >= 11 is 0. The average molecular weight is 606 g/mol. The van der Waals surface area contributed by atoms with Crippen LogP contribution in [0.2, 0.25) is 0 Å². The standard InChI is InChI=1S/C34H53NO6.CH4O.H2/c1-20(36)39-28(31(4,5)38)24-10-8-22-25(40-24)18-23-21-9-11-26-30(2,3)27(41-29(37)35-16-7-17-35)12-13-34(26)19-33(21,34)15-14-32(22,23)6;1-2;/h21-28,38H,7-19H2,1-6H3;2H,1H3;1H/t21?,22?,23?,24?,25?,26?,27-,28-,32?,33-,34?;;/m0../s1. The molecule has 2 saturated heterocycles. The first-order valence-corrected chi connectivity index (χ1v) is 17.2. The van der Waals surface area contributed by atoms with Crippen LogP contribution in [0.5, 0.6) is 0 Å². The van der Waals surface area contributed by atoms with E-state index in [4.69, 9.17) is 19.3 Å². The van der Waals surface area contributed by atoms with Crippen molar-refractivity contribution in [3.63, 3.8) is 0 Å². The van der Waals surface area contributed by atoms with Gasteiger partial charge in [-0.1, -0.05) is 20.8 Å². The van der Waals surface area contributed by atoms with Crippen molar-refractivity contribution in [1.82, 2.24) is 4.90 Å². The smallest absolute Gasteiger partial charge is 0.410 e. The monoisotopic (exact) mass is 605 g/mol. The Hall–Kier alpha value is -1.38. The van der Waals surface area contributed by atoms with Gasteiger partial charge in [0.1, 0.15) is 6.10 Å². The molecule has 7 aliphatic rings. The molecular formula is C35H59NO7. The van der Waals surface area contributed by atoms with Crippen molar-refractivity contribution < 1.29 is 35.4 Å². The number of nitrogens with zero attached hydrogens (tertiary/aromatic N) is 1. The lowest BCUT2D eigenvalue weighted by atomic mass is 9.46. The number of amides is 1. The van der Waals surface area contributed by atoms with Gasteiger partial charge in [0, 0.05) is 34.0 Å². The maximum Gasteiger partial charge on any atom is 0.410 e. The number of aliphatic hydroxyl groups excluding tert-OH is 1. The number of rotatable bonds is 4. The zero-order chi connectivity index (χ0) is 31.2. The molecule has 11 atom stereocenters. The van der Waals surface area contributed by atoms with Crippen molar-refractivity contribution in [2.75, 3.05) is 20.2 Å². The zero-order valence-corrected chi connectivity index (χ0v) is 27.7. The number of ether oxygens (including phenoxy) is 3. The maximum absolute atomic E-state index is 12.8. The number of likely N-dealkylation sites (tertiary alicyclic amines) is 1. The van der Waals surface area contributed by atoms with E-state index >= 15 is 0 Å². The molecule has 8 unspecified atom stereocenters. The van der Waals surface area contributed by atoms with Crippen molar-refractivity contribution in [3.8, 4) is 0 Å². The summed E-state index contributed by atoms with van der Waals surface area (Å²) in [6.07, 6.45) is 12.1. The van der Waals surface area contributed by atoms with Gasteiger partial charge in [-0.2, -0.15) is 0 Å². The van der Waals surface area contributed by atoms with Gasteiger partial charge in [-0.15, -0.1) is 0 Å². The van der Waals surface area contributed by atoms with Crippen LogP contribution in [-0.4, -0.2) is 77.4 Å². The lowest BCUT2D eigenvalue weighted by molar-refractivity contribution is -0.200. The molecule has 0 bridgehead atoms. The second kappa shape index (κ2) is 10.6. The van der Waals surface area contributed by atoms with Crippen molar-refractivity contribution in [1.29, 1.82) is 0 Å². The van der Waals surface area contributed by atoms with Crippen LogP contribution >= 0.6 is 0 Å². The molecule has 8 heteroatoms. The molecule has 5 aliphatic carbocycles. The van der Waals surface area contributed by atoms with E-state index in [1.807, 2.05) is 4.90 Å². The summed E-state index contributed by atoms with van der Waals surface area (Å²) in [5.41, 5.74) is 0.0313. The Morgan fingerprint density at radius 3 is 2.28 bits per heavy atom. The largest absolute Gasteiger partial charge is 0.457 e. The van der Waals surface area contributed by atoms with Gasteiger partial charge >= 0.3 is 12.1 Å². The van der Waals surface area contributed by atoms with Gasteiger partial charge in [0.05, 0.1) is 17.8 Å². The minimum atomic E-state index is -1.14. The molecule has 1 amide bonds. The molecule has 2 spiro atoms. The van der Waals surface area contributed by atoms with Crippen LogP contribution in [0.1, 0.15) is 114 Å². The van der Waals surface area contributed by atoms with E-state index in [0.29, 0.717) is 34.0 Å². The molecule has 2 N–H and O–H groups in total. The first kappa shape index (κ1) is 31.6. The third-order valence-corrected chi connectivity index (χ3v) is 14.2. The molecule has 0 aromatic carbocycles. The summed E-state index contributed by atoms with van der Waals surface area (Å²) in [6, 6.07) is 0. The first-order valence-electron chi connectivity index (χ1n) is 17.2. The Labute approximate surface area is 260 Å². The van der Waals surface area contributed by atoms with E-state index in [1.165, 1.54) is 45.4 Å². The number of carbonyl (C=O) groups is 2. The number of aliphatic hydroxyl groups is 2. The molecule has 2 aliphatic heterocycles. The zero-order valence-electron chi connectivity index (χ0n) is 27.7. The lowest BCUT2D eigenvalue weighted by Crippen LogP contribution is -2.56. The van der Waals surface area contributed by atoms with Crippen LogP contribution in [0.15, 0.2) is 0 Å². The van der Waals surface area contributed by atoms with Crippen LogP contribution < -0.4 is 0 Å². The molecule has 7 rings (SSSR count). The molecule has 5 saturated carbocycles. The molecule has 43 heavy (non-hydrogen) atoms. The molecule has 8 nitrogen and oxygen atoms in total. The lowest BCUT2D eigenvalue weighted by Gasteiger charge is -2.59. The van der Waals surface area contributed by atoms with Crippen molar-refractivity contribution in [3.05, 3.63) is 0 Å². The fourth-order valence-corrected chi connectivity index (χ4v) is 12.2. The third-order valence-electron chi connectivity index (χ3n) is 14.2. The fraction of sp³-hybridized carbons (Fsp3) is 0.943. The molecule has 0 radical (unpaired) electrons. The fourth-order valence-electron chi connectivity index (χ4n) is 12.2. The number of fused-ring (bicyclic) bond motifs is 4. The van der Waals surface area contributed by atoms with Crippen LogP contribution in [0, 0.1) is 45.3 Å². The van der Waals surface area contributed by atoms with Gasteiger partial charge in [0.2, 0.25) is 0 Å². The first-order chi connectivity index (χ1) is 20.2. The predicted octanol–water partition coefficient (Wildman–Crippen LogP) is 5.96. The predicted molar refractivity (Wildman–Crippen MR) is 164 cm³/mol. The summed E-state index contributed by atoms with van der Waals surface area (Å²) in [5, 5.41) is 17.8. The highest BCUT2D eigenvalue weighted by Gasteiger charge is 2.81. The Morgan fingerprint density at radius 1 is 0.953 bits per heavy atom. The molecule has 2 heterocycles. The SMILES string of the molecule is CC(=O)O[C@@H](C1CCC2C(CC3C4CCC5C(C)(C)[C@@H](OC(=O)N6CCC6)CCC56C[C@@]46CCC23C)O1)C(C)(C)O.CO.[HH]. The van der Waals surface area contributed by atoms with E-state index in [0.717, 1.165) is 58.2 Å². The third kappa shape index (κ3) is 4.61. The summed E-state index contributed by atoms with van der Waals surface area (Å²) < 4.78 is 18.7. The van der Waals surface area contributed by atoms with E-state index < -0.39 is 11.7 Å². The Balaban J connectivity index is 0.00000126. The van der Waals surface area contributed by atoms with E-state index in [9.17, 15) is 14.7 Å². The summed E-state index contributed by atoms with van der Waals surface area (Å²) in [7, 11) is 1.00. The summed E-state index contributed by atoms with van der Waals surface area (Å²) in [5.74, 6) is 2.23. The van der Waals surface area contributed by atoms with Crippen molar-refractivity contribution in [2.24, 2.45) is 45.3 Å². The van der Waals surface area contributed by atoms with E-state index in [-0.39, 0.29) is 37.2 Å². The second-order valence-electron chi connectivity index (χ2n) is 16.7.